The Bertz CT molecular complexity index is 1010. The average Bonchev–Trinajstić information content (AvgIpc) is 2.76. The zero-order valence-electron chi connectivity index (χ0n) is 19.0. The number of amides is 1. The predicted octanol–water partition coefficient (Wildman–Crippen LogP) is 5.99. The molecule has 2 aliphatic heterocycles. The monoisotopic (exact) mass is 433 g/mol. The van der Waals surface area contributed by atoms with Crippen molar-refractivity contribution in [3.63, 3.8) is 0 Å². The fourth-order valence-corrected chi connectivity index (χ4v) is 4.51. The van der Waals surface area contributed by atoms with Gasteiger partial charge in [-0.05, 0) is 75.3 Å². The number of carbonyl (C=O) groups is 2. The van der Waals surface area contributed by atoms with Gasteiger partial charge in [0.1, 0.15) is 12.2 Å². The minimum absolute atomic E-state index is 0.0194. The summed E-state index contributed by atoms with van der Waals surface area (Å²) in [5.41, 5.74) is 3.20. The van der Waals surface area contributed by atoms with E-state index < -0.39 is 5.60 Å². The number of ether oxygens (including phenoxy) is 2. The molecule has 5 nitrogen and oxygen atoms in total. The number of rotatable bonds is 4. The zero-order valence-corrected chi connectivity index (χ0v) is 19.0. The van der Waals surface area contributed by atoms with Crippen LogP contribution in [0.2, 0.25) is 0 Å². The number of fused-ring (bicyclic) bond motifs is 2. The molecule has 168 valence electrons. The molecule has 1 amide bonds. The lowest BCUT2D eigenvalue weighted by molar-refractivity contribution is 0.00693. The smallest absolute Gasteiger partial charge is 0.410 e. The van der Waals surface area contributed by atoms with Crippen LogP contribution in [-0.4, -0.2) is 34.6 Å². The molecule has 5 heteroatoms. The minimum atomic E-state index is -0.533. The van der Waals surface area contributed by atoms with E-state index in [1.165, 1.54) is 5.57 Å². The highest BCUT2D eigenvalue weighted by Crippen LogP contribution is 2.37. The van der Waals surface area contributed by atoms with Gasteiger partial charge in [0.25, 0.3) is 0 Å². The Morgan fingerprint density at radius 2 is 1.81 bits per heavy atom. The van der Waals surface area contributed by atoms with Gasteiger partial charge >= 0.3 is 12.1 Å². The molecular formula is C27H31NO4. The van der Waals surface area contributed by atoms with Crippen LogP contribution < -0.4 is 0 Å². The maximum atomic E-state index is 12.9. The van der Waals surface area contributed by atoms with Gasteiger partial charge in [0, 0.05) is 6.04 Å². The van der Waals surface area contributed by atoms with E-state index in [1.807, 2.05) is 74.2 Å². The van der Waals surface area contributed by atoms with Crippen LogP contribution in [-0.2, 0) is 16.1 Å². The number of carbonyl (C=O) groups excluding carboxylic acids is 2. The molecule has 0 N–H and O–H groups in total. The first-order chi connectivity index (χ1) is 15.3. The van der Waals surface area contributed by atoms with Gasteiger partial charge in [-0.15, -0.1) is 0 Å². The second-order valence-electron chi connectivity index (χ2n) is 9.58. The third-order valence-electron chi connectivity index (χ3n) is 5.92. The fourth-order valence-electron chi connectivity index (χ4n) is 4.51. The normalized spacial score (nSPS) is 20.3. The molecule has 4 rings (SSSR count). The van der Waals surface area contributed by atoms with E-state index in [2.05, 4.69) is 6.08 Å². The van der Waals surface area contributed by atoms with Crippen LogP contribution in [0.25, 0.3) is 5.57 Å². The number of hydrogen-bond donors (Lipinski definition) is 0. The molecule has 2 bridgehead atoms. The molecule has 2 aromatic rings. The largest absolute Gasteiger partial charge is 0.456 e. The van der Waals surface area contributed by atoms with E-state index in [0.29, 0.717) is 5.56 Å². The van der Waals surface area contributed by atoms with Crippen LogP contribution in [0.3, 0.4) is 0 Å². The maximum absolute atomic E-state index is 12.9. The summed E-state index contributed by atoms with van der Waals surface area (Å²) in [4.78, 5) is 27.3. The van der Waals surface area contributed by atoms with Crippen LogP contribution in [0.4, 0.5) is 4.79 Å². The summed E-state index contributed by atoms with van der Waals surface area (Å²) in [6, 6.07) is 17.5. The minimum Gasteiger partial charge on any atom is -0.456 e. The number of nitrogens with zero attached hydrogens (tertiary/aromatic N) is 1. The first kappa shape index (κ1) is 22.1. The van der Waals surface area contributed by atoms with Crippen LogP contribution in [0.5, 0.6) is 0 Å². The van der Waals surface area contributed by atoms with Crippen molar-refractivity contribution >= 4 is 17.6 Å². The Hall–Kier alpha value is -3.08. The number of piperidine rings is 1. The lowest BCUT2D eigenvalue weighted by atomic mass is 9.83. The second kappa shape index (κ2) is 9.19. The summed E-state index contributed by atoms with van der Waals surface area (Å²) in [5, 5.41) is 0. The highest BCUT2D eigenvalue weighted by atomic mass is 16.6. The van der Waals surface area contributed by atoms with E-state index in [9.17, 15) is 9.59 Å². The molecule has 0 radical (unpaired) electrons. The molecule has 0 aliphatic carbocycles. The highest BCUT2D eigenvalue weighted by Gasteiger charge is 2.38. The quantitative estimate of drug-likeness (QED) is 0.556. The van der Waals surface area contributed by atoms with Crippen LogP contribution in [0.1, 0.15) is 67.9 Å². The van der Waals surface area contributed by atoms with Gasteiger partial charge in [-0.2, -0.15) is 0 Å². The summed E-state index contributed by atoms with van der Waals surface area (Å²) in [7, 11) is 0. The average molecular weight is 434 g/mol. The third-order valence-corrected chi connectivity index (χ3v) is 5.92. The Kier molecular flexibility index (Phi) is 6.35. The molecule has 0 saturated carbocycles. The van der Waals surface area contributed by atoms with Crippen molar-refractivity contribution in [2.24, 2.45) is 0 Å². The van der Waals surface area contributed by atoms with E-state index in [4.69, 9.17) is 9.47 Å². The van der Waals surface area contributed by atoms with Crippen molar-refractivity contribution in [2.75, 3.05) is 0 Å². The summed E-state index contributed by atoms with van der Waals surface area (Å²) in [6.07, 6.45) is 5.66. The highest BCUT2D eigenvalue weighted by molar-refractivity contribution is 5.91. The zero-order chi connectivity index (χ0) is 22.7. The van der Waals surface area contributed by atoms with Crippen LogP contribution in [0, 0.1) is 0 Å². The van der Waals surface area contributed by atoms with Crippen molar-refractivity contribution < 1.29 is 19.1 Å². The molecular weight excluding hydrogens is 402 g/mol. The standard InChI is InChI=1S/C27H31NO4/c1-27(2,3)32-25(29)21-12-7-11-20(15-21)22-16-23-13-8-14-24(17-22)28(23)26(30)31-18-19-9-5-4-6-10-19/h4-7,9-12,15-16,23-24H,8,13-14,17-18H2,1-3H3. The van der Waals surface area contributed by atoms with Gasteiger partial charge in [0.15, 0.2) is 0 Å². The molecule has 1 saturated heterocycles. The van der Waals surface area contributed by atoms with Crippen molar-refractivity contribution in [2.45, 2.75) is 70.7 Å². The predicted molar refractivity (Wildman–Crippen MR) is 124 cm³/mol. The van der Waals surface area contributed by atoms with E-state index in [-0.39, 0.29) is 30.8 Å². The van der Waals surface area contributed by atoms with E-state index >= 15 is 0 Å². The fraction of sp³-hybridized carbons (Fsp3) is 0.407. The molecule has 32 heavy (non-hydrogen) atoms. The molecule has 1 fully saturated rings. The maximum Gasteiger partial charge on any atom is 0.410 e. The van der Waals surface area contributed by atoms with Crippen molar-refractivity contribution in [1.29, 1.82) is 0 Å². The SMILES string of the molecule is CC(C)(C)OC(=O)c1cccc(C2=CC3CCCC(C2)N3C(=O)OCc2ccccc2)c1. The lowest BCUT2D eigenvalue weighted by Gasteiger charge is -2.44. The molecule has 2 unspecified atom stereocenters. The van der Waals surface area contributed by atoms with Crippen LogP contribution in [0.15, 0.2) is 60.7 Å². The van der Waals surface area contributed by atoms with Gasteiger partial charge in [0.2, 0.25) is 0 Å². The van der Waals surface area contributed by atoms with Gasteiger partial charge in [-0.1, -0.05) is 48.5 Å². The summed E-state index contributed by atoms with van der Waals surface area (Å²) < 4.78 is 11.2. The Morgan fingerprint density at radius 3 is 2.53 bits per heavy atom. The number of esters is 1. The van der Waals surface area contributed by atoms with Gasteiger partial charge in [0.05, 0.1) is 11.6 Å². The molecule has 0 spiro atoms. The molecule has 2 aliphatic rings. The van der Waals surface area contributed by atoms with Gasteiger partial charge < -0.3 is 9.47 Å². The summed E-state index contributed by atoms with van der Waals surface area (Å²) in [5.74, 6) is -0.318. The first-order valence-electron chi connectivity index (χ1n) is 11.3. The Balaban J connectivity index is 1.49. The Morgan fingerprint density at radius 1 is 1.03 bits per heavy atom. The summed E-state index contributed by atoms with van der Waals surface area (Å²) >= 11 is 0. The first-order valence-corrected chi connectivity index (χ1v) is 11.3. The number of benzene rings is 2. The molecule has 0 aromatic heterocycles. The lowest BCUT2D eigenvalue weighted by Crippen LogP contribution is -2.51. The molecule has 2 aromatic carbocycles. The topological polar surface area (TPSA) is 55.8 Å². The number of hydrogen-bond acceptors (Lipinski definition) is 4. The van der Waals surface area contributed by atoms with E-state index in [1.54, 1.807) is 6.07 Å². The molecule has 2 atom stereocenters. The molecule has 2 heterocycles. The second-order valence-corrected chi connectivity index (χ2v) is 9.58. The Labute approximate surface area is 190 Å². The third kappa shape index (κ3) is 5.21. The van der Waals surface area contributed by atoms with Crippen molar-refractivity contribution in [3.05, 3.63) is 77.4 Å². The van der Waals surface area contributed by atoms with Crippen molar-refractivity contribution in [1.82, 2.24) is 4.90 Å². The summed E-state index contributed by atoms with van der Waals surface area (Å²) in [6.45, 7) is 5.88. The van der Waals surface area contributed by atoms with Crippen LogP contribution >= 0.6 is 0 Å². The van der Waals surface area contributed by atoms with Gasteiger partial charge in [-0.25, -0.2) is 9.59 Å². The van der Waals surface area contributed by atoms with E-state index in [0.717, 1.165) is 36.8 Å². The van der Waals surface area contributed by atoms with Crippen molar-refractivity contribution in [3.8, 4) is 0 Å². The van der Waals surface area contributed by atoms with Gasteiger partial charge in [-0.3, -0.25) is 4.90 Å².